The van der Waals surface area contributed by atoms with E-state index in [-0.39, 0.29) is 30.3 Å². The number of rotatable bonds is 6. The van der Waals surface area contributed by atoms with Gasteiger partial charge < -0.3 is 20.3 Å². The fraction of sp³-hybridized carbons (Fsp3) is 0.833. The van der Waals surface area contributed by atoms with Crippen LogP contribution in [0.4, 0.5) is 0 Å². The minimum absolute atomic E-state index is 0.0500. The smallest absolute Gasteiger partial charge is 0.241 e. The average molecular weight is 257 g/mol. The third-order valence-electron chi connectivity index (χ3n) is 3.20. The van der Waals surface area contributed by atoms with E-state index in [2.05, 4.69) is 10.6 Å². The third-order valence-corrected chi connectivity index (χ3v) is 3.20. The molecule has 1 aliphatic heterocycles. The van der Waals surface area contributed by atoms with Gasteiger partial charge in [-0.05, 0) is 13.5 Å². The number of ether oxygens (including phenoxy) is 1. The summed E-state index contributed by atoms with van der Waals surface area (Å²) in [6.07, 6.45) is 0. The lowest BCUT2D eigenvalue weighted by Crippen LogP contribution is -2.46. The van der Waals surface area contributed by atoms with Crippen LogP contribution in [0.2, 0.25) is 0 Å². The Morgan fingerprint density at radius 2 is 2.06 bits per heavy atom. The number of nitrogens with one attached hydrogen (secondary N) is 2. The lowest BCUT2D eigenvalue weighted by molar-refractivity contribution is -0.133. The van der Waals surface area contributed by atoms with Crippen molar-refractivity contribution in [2.45, 2.75) is 19.9 Å². The van der Waals surface area contributed by atoms with E-state index in [0.29, 0.717) is 19.8 Å². The second-order valence-corrected chi connectivity index (χ2v) is 4.43. The molecule has 18 heavy (non-hydrogen) atoms. The molecule has 6 nitrogen and oxygen atoms in total. The molecule has 0 radical (unpaired) electrons. The van der Waals surface area contributed by atoms with Gasteiger partial charge in [0.05, 0.1) is 25.7 Å². The zero-order chi connectivity index (χ0) is 13.5. The van der Waals surface area contributed by atoms with E-state index in [1.807, 2.05) is 13.8 Å². The van der Waals surface area contributed by atoms with Gasteiger partial charge >= 0.3 is 0 Å². The van der Waals surface area contributed by atoms with E-state index in [9.17, 15) is 9.59 Å². The molecule has 1 rings (SSSR count). The van der Waals surface area contributed by atoms with Gasteiger partial charge in [-0.15, -0.1) is 0 Å². The van der Waals surface area contributed by atoms with E-state index in [0.717, 1.165) is 6.54 Å². The first-order valence-corrected chi connectivity index (χ1v) is 6.42. The van der Waals surface area contributed by atoms with Crippen molar-refractivity contribution in [3.05, 3.63) is 0 Å². The first-order valence-electron chi connectivity index (χ1n) is 6.42. The van der Waals surface area contributed by atoms with Crippen LogP contribution in [0.25, 0.3) is 0 Å². The standard InChI is InChI=1S/C12H23N3O3/c1-4-13-10-8-18-7-9(10)12(17)14-6-11(16)15(3)5-2/h9-10,13H,4-8H2,1-3H3,(H,14,17). The van der Waals surface area contributed by atoms with Crippen LogP contribution < -0.4 is 10.6 Å². The second kappa shape index (κ2) is 7.33. The molecule has 2 N–H and O–H groups in total. The van der Waals surface area contributed by atoms with Crippen LogP contribution in [0.1, 0.15) is 13.8 Å². The molecule has 2 amide bonds. The maximum absolute atomic E-state index is 11.9. The topological polar surface area (TPSA) is 70.7 Å². The Labute approximate surface area is 108 Å². The highest BCUT2D eigenvalue weighted by molar-refractivity contribution is 5.86. The Morgan fingerprint density at radius 1 is 1.33 bits per heavy atom. The minimum Gasteiger partial charge on any atom is -0.379 e. The molecule has 0 bridgehead atoms. The van der Waals surface area contributed by atoms with Crippen LogP contribution in [0.5, 0.6) is 0 Å². The van der Waals surface area contributed by atoms with Crippen LogP contribution in [-0.4, -0.2) is 62.7 Å². The van der Waals surface area contributed by atoms with Crippen LogP contribution in [0, 0.1) is 5.92 Å². The van der Waals surface area contributed by atoms with E-state index >= 15 is 0 Å². The van der Waals surface area contributed by atoms with Gasteiger partial charge in [-0.25, -0.2) is 0 Å². The first kappa shape index (κ1) is 14.9. The van der Waals surface area contributed by atoms with Crippen molar-refractivity contribution in [1.82, 2.24) is 15.5 Å². The van der Waals surface area contributed by atoms with Crippen molar-refractivity contribution in [1.29, 1.82) is 0 Å². The highest BCUT2D eigenvalue weighted by Gasteiger charge is 2.33. The van der Waals surface area contributed by atoms with Crippen molar-refractivity contribution in [3.8, 4) is 0 Å². The van der Waals surface area contributed by atoms with Crippen molar-refractivity contribution >= 4 is 11.8 Å². The molecule has 104 valence electrons. The maximum atomic E-state index is 11.9. The monoisotopic (exact) mass is 257 g/mol. The summed E-state index contributed by atoms with van der Waals surface area (Å²) in [4.78, 5) is 25.1. The van der Waals surface area contributed by atoms with Gasteiger partial charge in [0, 0.05) is 19.6 Å². The van der Waals surface area contributed by atoms with E-state index in [4.69, 9.17) is 4.74 Å². The Kier molecular flexibility index (Phi) is 6.07. The van der Waals surface area contributed by atoms with Crippen LogP contribution >= 0.6 is 0 Å². The first-order chi connectivity index (χ1) is 8.60. The Balaban J connectivity index is 2.38. The molecular weight excluding hydrogens is 234 g/mol. The molecule has 2 unspecified atom stereocenters. The average Bonchev–Trinajstić information content (AvgIpc) is 2.83. The van der Waals surface area contributed by atoms with Crippen molar-refractivity contribution < 1.29 is 14.3 Å². The predicted octanol–water partition coefficient (Wildman–Crippen LogP) is -0.795. The molecule has 1 saturated heterocycles. The molecule has 0 aromatic carbocycles. The quantitative estimate of drug-likeness (QED) is 0.654. The summed E-state index contributed by atoms with van der Waals surface area (Å²) < 4.78 is 5.30. The lowest BCUT2D eigenvalue weighted by atomic mass is 10.0. The predicted molar refractivity (Wildman–Crippen MR) is 68.1 cm³/mol. The number of carbonyl (C=O) groups excluding carboxylic acids is 2. The van der Waals surface area contributed by atoms with Gasteiger partial charge in [-0.2, -0.15) is 0 Å². The van der Waals surface area contributed by atoms with E-state index in [1.165, 1.54) is 0 Å². The molecule has 2 atom stereocenters. The van der Waals surface area contributed by atoms with Gasteiger partial charge in [0.2, 0.25) is 11.8 Å². The van der Waals surface area contributed by atoms with Crippen molar-refractivity contribution in [2.75, 3.05) is 39.9 Å². The van der Waals surface area contributed by atoms with E-state index in [1.54, 1.807) is 11.9 Å². The number of likely N-dealkylation sites (N-methyl/N-ethyl adjacent to an activating group) is 2. The minimum atomic E-state index is -0.204. The molecule has 0 aromatic rings. The van der Waals surface area contributed by atoms with Gasteiger partial charge in [-0.1, -0.05) is 6.92 Å². The summed E-state index contributed by atoms with van der Waals surface area (Å²) in [7, 11) is 1.72. The molecule has 6 heteroatoms. The molecule has 0 aromatic heterocycles. The molecular formula is C12H23N3O3. The SMILES string of the molecule is CCNC1COCC1C(=O)NCC(=O)N(C)CC. The van der Waals surface area contributed by atoms with Crippen LogP contribution in [0.3, 0.4) is 0 Å². The Bertz CT molecular complexity index is 296. The van der Waals surface area contributed by atoms with Gasteiger partial charge in [-0.3, -0.25) is 9.59 Å². The summed E-state index contributed by atoms with van der Waals surface area (Å²) in [5, 5.41) is 5.89. The van der Waals surface area contributed by atoms with Crippen LogP contribution in [0.15, 0.2) is 0 Å². The number of amides is 2. The zero-order valence-electron chi connectivity index (χ0n) is 11.4. The molecule has 0 spiro atoms. The van der Waals surface area contributed by atoms with Gasteiger partial charge in [0.15, 0.2) is 0 Å². The van der Waals surface area contributed by atoms with Gasteiger partial charge in [0.1, 0.15) is 0 Å². The molecule has 1 aliphatic rings. The largest absolute Gasteiger partial charge is 0.379 e. The molecule has 0 saturated carbocycles. The van der Waals surface area contributed by atoms with Crippen molar-refractivity contribution in [3.63, 3.8) is 0 Å². The van der Waals surface area contributed by atoms with Crippen LogP contribution in [-0.2, 0) is 14.3 Å². The summed E-state index contributed by atoms with van der Waals surface area (Å²) in [6, 6.07) is 0.0500. The lowest BCUT2D eigenvalue weighted by Gasteiger charge is -2.19. The maximum Gasteiger partial charge on any atom is 0.241 e. The molecule has 0 aliphatic carbocycles. The summed E-state index contributed by atoms with van der Waals surface area (Å²) >= 11 is 0. The Morgan fingerprint density at radius 3 is 2.67 bits per heavy atom. The molecule has 1 fully saturated rings. The van der Waals surface area contributed by atoms with E-state index < -0.39 is 0 Å². The number of nitrogens with zero attached hydrogens (tertiary/aromatic N) is 1. The summed E-state index contributed by atoms with van der Waals surface area (Å²) in [6.45, 7) is 6.35. The number of hydrogen-bond donors (Lipinski definition) is 2. The highest BCUT2D eigenvalue weighted by Crippen LogP contribution is 2.13. The Hall–Kier alpha value is -1.14. The number of carbonyl (C=O) groups is 2. The zero-order valence-corrected chi connectivity index (χ0v) is 11.4. The molecule has 1 heterocycles. The second-order valence-electron chi connectivity index (χ2n) is 4.43. The fourth-order valence-corrected chi connectivity index (χ4v) is 1.88. The van der Waals surface area contributed by atoms with Gasteiger partial charge in [0.25, 0.3) is 0 Å². The van der Waals surface area contributed by atoms with Crippen molar-refractivity contribution in [2.24, 2.45) is 5.92 Å². The normalized spacial score (nSPS) is 22.8. The third kappa shape index (κ3) is 3.96. The fourth-order valence-electron chi connectivity index (χ4n) is 1.88. The summed E-state index contributed by atoms with van der Waals surface area (Å²) in [5.41, 5.74) is 0. The number of hydrogen-bond acceptors (Lipinski definition) is 4. The summed E-state index contributed by atoms with van der Waals surface area (Å²) in [5.74, 6) is -0.397. The highest BCUT2D eigenvalue weighted by atomic mass is 16.5.